The normalized spacial score (nSPS) is 20.7. The molecule has 5 rings (SSSR count). The number of halogens is 5. The van der Waals surface area contributed by atoms with Crippen LogP contribution in [0.3, 0.4) is 0 Å². The summed E-state index contributed by atoms with van der Waals surface area (Å²) in [6, 6.07) is 9.55. The lowest BCUT2D eigenvalue weighted by Crippen LogP contribution is -2.34. The fourth-order valence-corrected chi connectivity index (χ4v) is 4.76. The van der Waals surface area contributed by atoms with Crippen molar-refractivity contribution in [2.24, 2.45) is 5.92 Å². The number of nitriles is 1. The third-order valence-corrected chi connectivity index (χ3v) is 6.67. The van der Waals surface area contributed by atoms with Gasteiger partial charge >= 0.3 is 6.18 Å². The Bertz CT molecular complexity index is 1230. The van der Waals surface area contributed by atoms with E-state index in [1.807, 2.05) is 4.90 Å². The van der Waals surface area contributed by atoms with Gasteiger partial charge in [-0.15, -0.1) is 10.2 Å². The van der Waals surface area contributed by atoms with Gasteiger partial charge < -0.3 is 4.90 Å². The number of nitrogens with zero attached hydrogens (tertiary/aromatic N) is 5. The first-order valence-corrected chi connectivity index (χ1v) is 10.7. The van der Waals surface area contributed by atoms with Crippen LogP contribution in [0, 0.1) is 17.2 Å². The van der Waals surface area contributed by atoms with Gasteiger partial charge in [0, 0.05) is 38.0 Å². The second kappa shape index (κ2) is 7.68. The summed E-state index contributed by atoms with van der Waals surface area (Å²) >= 11 is 0. The van der Waals surface area contributed by atoms with E-state index in [-0.39, 0.29) is 24.3 Å². The Balaban J connectivity index is 1.37. The Labute approximate surface area is 186 Å². The molecule has 0 radical (unpaired) electrons. The number of piperidine rings is 1. The first kappa shape index (κ1) is 21.6. The molecule has 1 atom stereocenters. The van der Waals surface area contributed by atoms with Gasteiger partial charge in [0.25, 0.3) is 5.92 Å². The van der Waals surface area contributed by atoms with Crippen LogP contribution in [0.4, 0.5) is 27.6 Å². The highest BCUT2D eigenvalue weighted by Crippen LogP contribution is 2.50. The van der Waals surface area contributed by atoms with Gasteiger partial charge in [0.1, 0.15) is 17.5 Å². The molecule has 5 nitrogen and oxygen atoms in total. The minimum atomic E-state index is -4.40. The van der Waals surface area contributed by atoms with Crippen molar-refractivity contribution in [3.8, 4) is 6.07 Å². The highest BCUT2D eigenvalue weighted by Gasteiger charge is 2.56. The highest BCUT2D eigenvalue weighted by molar-refractivity contribution is 5.71. The first-order valence-electron chi connectivity index (χ1n) is 10.7. The van der Waals surface area contributed by atoms with Crippen LogP contribution in [0.5, 0.6) is 0 Å². The Kier molecular flexibility index (Phi) is 5.03. The molecule has 10 heteroatoms. The molecule has 1 aliphatic heterocycles. The van der Waals surface area contributed by atoms with E-state index in [4.69, 9.17) is 0 Å². The van der Waals surface area contributed by atoms with E-state index in [2.05, 4.69) is 16.3 Å². The van der Waals surface area contributed by atoms with Crippen LogP contribution in [-0.4, -0.2) is 33.6 Å². The van der Waals surface area contributed by atoms with E-state index in [0.29, 0.717) is 48.7 Å². The van der Waals surface area contributed by atoms with Crippen molar-refractivity contribution in [2.75, 3.05) is 18.0 Å². The second-order valence-electron chi connectivity index (χ2n) is 8.71. The lowest BCUT2D eigenvalue weighted by molar-refractivity contribution is -0.138. The van der Waals surface area contributed by atoms with Crippen LogP contribution in [0.25, 0.3) is 5.65 Å². The van der Waals surface area contributed by atoms with E-state index < -0.39 is 23.6 Å². The molecule has 33 heavy (non-hydrogen) atoms. The van der Waals surface area contributed by atoms with E-state index in [1.54, 1.807) is 22.7 Å². The molecule has 0 N–H and O–H groups in total. The van der Waals surface area contributed by atoms with Crippen molar-refractivity contribution in [3.63, 3.8) is 0 Å². The molecule has 3 heterocycles. The monoisotopic (exact) mass is 461 g/mol. The number of hydrogen-bond donors (Lipinski definition) is 0. The number of pyridine rings is 1. The predicted molar refractivity (Wildman–Crippen MR) is 110 cm³/mol. The molecule has 1 saturated heterocycles. The van der Waals surface area contributed by atoms with Crippen molar-refractivity contribution in [1.29, 1.82) is 5.26 Å². The highest BCUT2D eigenvalue weighted by atomic mass is 19.4. The fraction of sp³-hybridized carbons (Fsp3) is 0.435. The van der Waals surface area contributed by atoms with Gasteiger partial charge in [-0.1, -0.05) is 18.2 Å². The SMILES string of the molecule is N#Cc1c(N2CCC(c3ccccc3C(F)(F)F)CC2)ccn2c(CC3CC3(F)F)nnc12. The van der Waals surface area contributed by atoms with Gasteiger partial charge in [0.15, 0.2) is 5.65 Å². The summed E-state index contributed by atoms with van der Waals surface area (Å²) < 4.78 is 68.4. The maximum Gasteiger partial charge on any atom is 0.416 e. The molecule has 172 valence electrons. The van der Waals surface area contributed by atoms with E-state index in [0.717, 1.165) is 6.07 Å². The smallest absolute Gasteiger partial charge is 0.370 e. The van der Waals surface area contributed by atoms with E-state index in [1.165, 1.54) is 12.1 Å². The number of alkyl halides is 5. The van der Waals surface area contributed by atoms with Crippen molar-refractivity contribution >= 4 is 11.3 Å². The molecule has 1 saturated carbocycles. The number of anilines is 1. The molecule has 3 aromatic rings. The zero-order valence-electron chi connectivity index (χ0n) is 17.5. The number of benzene rings is 1. The third-order valence-electron chi connectivity index (χ3n) is 6.67. The summed E-state index contributed by atoms with van der Waals surface area (Å²) in [4.78, 5) is 1.97. The number of rotatable bonds is 4. The molecule has 2 aromatic heterocycles. The van der Waals surface area contributed by atoms with Crippen LogP contribution in [0.2, 0.25) is 0 Å². The van der Waals surface area contributed by atoms with Gasteiger partial charge in [0.2, 0.25) is 0 Å². The Hall–Kier alpha value is -3.22. The molecule has 0 bridgehead atoms. The molecule has 2 aliphatic rings. The van der Waals surface area contributed by atoms with Gasteiger partial charge in [-0.2, -0.15) is 18.4 Å². The second-order valence-corrected chi connectivity index (χ2v) is 8.71. The van der Waals surface area contributed by atoms with Gasteiger partial charge in [-0.05, 0) is 36.5 Å². The van der Waals surface area contributed by atoms with Crippen LogP contribution >= 0.6 is 0 Å². The maximum absolute atomic E-state index is 13.4. The molecular formula is C23H20F5N5. The summed E-state index contributed by atoms with van der Waals surface area (Å²) in [6.45, 7) is 0.966. The van der Waals surface area contributed by atoms with Crippen molar-refractivity contribution in [3.05, 3.63) is 59.0 Å². The largest absolute Gasteiger partial charge is 0.416 e. The van der Waals surface area contributed by atoms with Gasteiger partial charge in [-0.25, -0.2) is 8.78 Å². The zero-order valence-corrected chi connectivity index (χ0v) is 17.5. The quantitative estimate of drug-likeness (QED) is 0.501. The van der Waals surface area contributed by atoms with Gasteiger partial charge in [0.05, 0.1) is 11.3 Å². The topological polar surface area (TPSA) is 57.2 Å². The molecule has 1 aliphatic carbocycles. The molecule has 0 spiro atoms. The lowest BCUT2D eigenvalue weighted by Gasteiger charge is -2.35. The summed E-state index contributed by atoms with van der Waals surface area (Å²) in [5.74, 6) is -3.27. The first-order chi connectivity index (χ1) is 15.7. The Morgan fingerprint density at radius 3 is 2.42 bits per heavy atom. The minimum absolute atomic E-state index is 0.0857. The molecule has 0 amide bonds. The average molecular weight is 461 g/mol. The number of aromatic nitrogens is 3. The Morgan fingerprint density at radius 1 is 1.09 bits per heavy atom. The van der Waals surface area contributed by atoms with Gasteiger partial charge in [-0.3, -0.25) is 4.40 Å². The fourth-order valence-electron chi connectivity index (χ4n) is 4.76. The minimum Gasteiger partial charge on any atom is -0.370 e. The summed E-state index contributed by atoms with van der Waals surface area (Å²) in [5, 5.41) is 17.9. The standard InChI is InChI=1S/C23H20F5N5/c24-22(25)12-15(22)11-20-30-31-21-17(13-29)19(7-10-33(20)21)32-8-5-14(6-9-32)16-3-1-2-4-18(16)23(26,27)28/h1-4,7,10,14-15H,5-6,8-9,11-12H2. The van der Waals surface area contributed by atoms with Crippen LogP contribution in [-0.2, 0) is 12.6 Å². The lowest BCUT2D eigenvalue weighted by atomic mass is 9.86. The summed E-state index contributed by atoms with van der Waals surface area (Å²) in [7, 11) is 0. The number of hydrogen-bond acceptors (Lipinski definition) is 4. The Morgan fingerprint density at radius 2 is 1.79 bits per heavy atom. The van der Waals surface area contributed by atoms with Crippen LogP contribution in [0.15, 0.2) is 36.5 Å². The van der Waals surface area contributed by atoms with Crippen molar-refractivity contribution in [1.82, 2.24) is 14.6 Å². The van der Waals surface area contributed by atoms with E-state index >= 15 is 0 Å². The molecule has 2 fully saturated rings. The molecular weight excluding hydrogens is 441 g/mol. The number of fused-ring (bicyclic) bond motifs is 1. The molecule has 1 unspecified atom stereocenters. The van der Waals surface area contributed by atoms with E-state index in [9.17, 15) is 27.2 Å². The van der Waals surface area contributed by atoms with Crippen LogP contribution < -0.4 is 4.90 Å². The predicted octanol–water partition coefficient (Wildman–Crippen LogP) is 5.20. The maximum atomic E-state index is 13.4. The van der Waals surface area contributed by atoms with Crippen molar-refractivity contribution < 1.29 is 22.0 Å². The zero-order chi connectivity index (χ0) is 23.4. The van der Waals surface area contributed by atoms with Crippen LogP contribution in [0.1, 0.15) is 47.7 Å². The third kappa shape index (κ3) is 3.90. The summed E-state index contributed by atoms with van der Waals surface area (Å²) in [5.41, 5.74) is 0.925. The van der Waals surface area contributed by atoms with Crippen molar-refractivity contribution in [2.45, 2.75) is 43.7 Å². The molecule has 1 aromatic carbocycles. The average Bonchev–Trinajstić information content (AvgIpc) is 3.20. The summed E-state index contributed by atoms with van der Waals surface area (Å²) in [6.07, 6.45) is -1.79.